The summed E-state index contributed by atoms with van der Waals surface area (Å²) >= 11 is 0. The summed E-state index contributed by atoms with van der Waals surface area (Å²) in [6.07, 6.45) is 10.2. The first-order valence-electron chi connectivity index (χ1n) is 15.0. The molecule has 1 heterocycles. The molecule has 210 valence electrons. The summed E-state index contributed by atoms with van der Waals surface area (Å²) in [5.41, 5.74) is 8.07. The van der Waals surface area contributed by atoms with Gasteiger partial charge in [-0.3, -0.25) is 0 Å². The topological polar surface area (TPSA) is 12.0 Å². The third-order valence-corrected chi connectivity index (χ3v) is 7.34. The maximum absolute atomic E-state index is 3.32. The van der Waals surface area contributed by atoms with Gasteiger partial charge in [-0.15, -0.1) is 0 Å². The van der Waals surface area contributed by atoms with Crippen molar-refractivity contribution in [2.75, 3.05) is 13.1 Å². The van der Waals surface area contributed by atoms with Crippen LogP contribution in [0.4, 0.5) is 0 Å². The highest BCUT2D eigenvalue weighted by molar-refractivity contribution is 5.23. The molecule has 3 aromatic carbocycles. The van der Waals surface area contributed by atoms with Crippen molar-refractivity contribution in [3.63, 3.8) is 0 Å². The van der Waals surface area contributed by atoms with E-state index in [-0.39, 0.29) is 0 Å². The molecule has 1 N–H and O–H groups in total. The van der Waals surface area contributed by atoms with Crippen LogP contribution in [0, 0.1) is 53.4 Å². The number of hydrogen-bond donors (Lipinski definition) is 1. The van der Waals surface area contributed by atoms with Crippen LogP contribution in [0.5, 0.6) is 0 Å². The zero-order chi connectivity index (χ0) is 28.2. The van der Waals surface area contributed by atoms with Crippen LogP contribution in [-0.4, -0.2) is 13.1 Å². The maximum Gasteiger partial charge on any atom is -0.00464 e. The van der Waals surface area contributed by atoms with Gasteiger partial charge in [0.2, 0.25) is 0 Å². The van der Waals surface area contributed by atoms with E-state index in [9.17, 15) is 0 Å². The molecular weight excluding hydrogens is 458 g/mol. The van der Waals surface area contributed by atoms with Gasteiger partial charge in [0.25, 0.3) is 0 Å². The minimum Gasteiger partial charge on any atom is -0.317 e. The molecule has 1 saturated carbocycles. The number of benzene rings is 3. The lowest BCUT2D eigenvalue weighted by atomic mass is 9.91. The van der Waals surface area contributed by atoms with Crippen LogP contribution in [0.3, 0.4) is 0 Å². The molecule has 1 aliphatic carbocycles. The van der Waals surface area contributed by atoms with Gasteiger partial charge in [-0.1, -0.05) is 141 Å². The van der Waals surface area contributed by atoms with Crippen molar-refractivity contribution in [3.8, 4) is 0 Å². The smallest absolute Gasteiger partial charge is 0.00464 e. The number of rotatable bonds is 0. The summed E-state index contributed by atoms with van der Waals surface area (Å²) in [4.78, 5) is 0. The van der Waals surface area contributed by atoms with Crippen LogP contribution >= 0.6 is 0 Å². The Kier molecular flexibility index (Phi) is 18.2. The quantitative estimate of drug-likeness (QED) is 0.314. The molecule has 1 aliphatic heterocycles. The van der Waals surface area contributed by atoms with Crippen LogP contribution in [0.2, 0.25) is 0 Å². The molecule has 5 rings (SSSR count). The molecule has 2 fully saturated rings. The van der Waals surface area contributed by atoms with Crippen molar-refractivity contribution < 1.29 is 0 Å². The third-order valence-electron chi connectivity index (χ3n) is 7.34. The first-order valence-corrected chi connectivity index (χ1v) is 15.0. The minimum atomic E-state index is 0.973. The fraction of sp³-hybridized carbons (Fsp3) is 0.514. The Morgan fingerprint density at radius 1 is 0.474 bits per heavy atom. The molecule has 0 radical (unpaired) electrons. The highest BCUT2D eigenvalue weighted by Crippen LogP contribution is 2.22. The van der Waals surface area contributed by atoms with Crippen molar-refractivity contribution in [2.24, 2.45) is 11.8 Å². The molecule has 0 amide bonds. The van der Waals surface area contributed by atoms with Gasteiger partial charge in [0.15, 0.2) is 0 Å². The second-order valence-corrected chi connectivity index (χ2v) is 11.6. The van der Waals surface area contributed by atoms with Gasteiger partial charge in [-0.2, -0.15) is 0 Å². The van der Waals surface area contributed by atoms with Crippen LogP contribution in [0.15, 0.2) is 72.8 Å². The molecule has 0 atom stereocenters. The highest BCUT2D eigenvalue weighted by Gasteiger charge is 2.06. The summed E-state index contributed by atoms with van der Waals surface area (Å²) in [5.74, 6) is 2.01. The van der Waals surface area contributed by atoms with Crippen LogP contribution in [0.25, 0.3) is 0 Å². The lowest BCUT2D eigenvalue weighted by molar-refractivity contribution is 0.385. The van der Waals surface area contributed by atoms with E-state index in [1.165, 1.54) is 91.4 Å². The molecule has 0 aromatic heterocycles. The summed E-state index contributed by atoms with van der Waals surface area (Å²) in [5, 5.41) is 3.32. The van der Waals surface area contributed by atoms with E-state index in [2.05, 4.69) is 134 Å². The van der Waals surface area contributed by atoms with Crippen LogP contribution < -0.4 is 5.32 Å². The molecule has 1 nitrogen and oxygen atoms in total. The first kappa shape index (κ1) is 33.6. The predicted octanol–water partition coefficient (Wildman–Crippen LogP) is 10.5. The number of hydrogen-bond acceptors (Lipinski definition) is 1. The highest BCUT2D eigenvalue weighted by atomic mass is 14.9. The lowest BCUT2D eigenvalue weighted by Gasteiger charge is -2.17. The Morgan fingerprint density at radius 2 is 0.895 bits per heavy atom. The Bertz CT molecular complexity index is 885. The number of nitrogens with one attached hydrogen (secondary N) is 1. The summed E-state index contributed by atoms with van der Waals surface area (Å²) in [7, 11) is 0. The normalized spacial score (nSPS) is 15.2. The van der Waals surface area contributed by atoms with Crippen molar-refractivity contribution >= 4 is 0 Å². The van der Waals surface area contributed by atoms with Gasteiger partial charge in [0.1, 0.15) is 0 Å². The van der Waals surface area contributed by atoms with Crippen molar-refractivity contribution in [2.45, 2.75) is 100 Å². The summed E-state index contributed by atoms with van der Waals surface area (Å²) < 4.78 is 0. The Hall–Kier alpha value is -2.38. The second-order valence-electron chi connectivity index (χ2n) is 11.6. The van der Waals surface area contributed by atoms with E-state index in [0.717, 1.165) is 11.8 Å². The first-order chi connectivity index (χ1) is 18.2. The van der Waals surface area contributed by atoms with Gasteiger partial charge >= 0.3 is 0 Å². The average Bonchev–Trinajstić information content (AvgIpc) is 2.90. The lowest BCUT2D eigenvalue weighted by Crippen LogP contribution is -2.26. The second kappa shape index (κ2) is 20.6. The van der Waals surface area contributed by atoms with E-state index < -0.39 is 0 Å². The molecule has 2 aliphatic rings. The van der Waals surface area contributed by atoms with Crippen molar-refractivity contribution in [3.05, 3.63) is 106 Å². The largest absolute Gasteiger partial charge is 0.317 e. The van der Waals surface area contributed by atoms with Gasteiger partial charge in [0, 0.05) is 0 Å². The molecular formula is C37H57N. The van der Waals surface area contributed by atoms with Crippen LogP contribution in [0.1, 0.15) is 92.2 Å². The molecule has 0 spiro atoms. The molecule has 3 aromatic rings. The van der Waals surface area contributed by atoms with E-state index in [1.54, 1.807) is 0 Å². The molecule has 1 heteroatoms. The van der Waals surface area contributed by atoms with E-state index in [0.29, 0.717) is 0 Å². The molecule has 0 bridgehead atoms. The third kappa shape index (κ3) is 18.0. The Morgan fingerprint density at radius 3 is 1.16 bits per heavy atom. The molecule has 1 saturated heterocycles. The standard InChI is InChI=1S/3C8H10.C7H14.C6H13N/c1-7-3-5-8(2)6-4-7;1-7-4-3-5-8(2)6-7;1-7-5-3-4-6-8(7)2;1-7-5-3-2-4-6-7;1-6-2-4-7-5-3-6/h3*3-6H,1-2H3;7H,2-6H2,1H3;6-7H,2-5H2,1H3. The minimum absolute atomic E-state index is 0.973. The Balaban J connectivity index is 0.000000238. The monoisotopic (exact) mass is 515 g/mol. The van der Waals surface area contributed by atoms with Gasteiger partial charge < -0.3 is 5.32 Å². The number of aryl methyl sites for hydroxylation is 6. The zero-order valence-corrected chi connectivity index (χ0v) is 25.9. The predicted molar refractivity (Wildman–Crippen MR) is 171 cm³/mol. The van der Waals surface area contributed by atoms with Gasteiger partial charge in [0.05, 0.1) is 0 Å². The molecule has 0 unspecified atom stereocenters. The van der Waals surface area contributed by atoms with E-state index in [1.807, 2.05) is 0 Å². The summed E-state index contributed by atoms with van der Waals surface area (Å²) in [6, 6.07) is 25.3. The number of piperidine rings is 1. The maximum atomic E-state index is 3.32. The fourth-order valence-electron chi connectivity index (χ4n) is 4.38. The van der Waals surface area contributed by atoms with Crippen molar-refractivity contribution in [1.29, 1.82) is 0 Å². The SMILES string of the molecule is CC1CCCCC1.CC1CCNCC1.Cc1ccc(C)cc1.Cc1cccc(C)c1.Cc1ccccc1C. The Labute approximate surface area is 236 Å². The fourth-order valence-corrected chi connectivity index (χ4v) is 4.38. The van der Waals surface area contributed by atoms with Gasteiger partial charge in [-0.05, 0) is 90.4 Å². The van der Waals surface area contributed by atoms with Crippen LogP contribution in [-0.2, 0) is 0 Å². The molecule has 38 heavy (non-hydrogen) atoms. The van der Waals surface area contributed by atoms with E-state index in [4.69, 9.17) is 0 Å². The summed E-state index contributed by atoms with van der Waals surface area (Å²) in [6.45, 7) is 19.8. The van der Waals surface area contributed by atoms with E-state index >= 15 is 0 Å². The van der Waals surface area contributed by atoms with Gasteiger partial charge in [-0.25, -0.2) is 0 Å². The zero-order valence-electron chi connectivity index (χ0n) is 25.9. The average molecular weight is 516 g/mol. The van der Waals surface area contributed by atoms with Crippen molar-refractivity contribution in [1.82, 2.24) is 5.32 Å².